The predicted octanol–water partition coefficient (Wildman–Crippen LogP) is 2.15. The van der Waals surface area contributed by atoms with Crippen LogP contribution in [0.3, 0.4) is 0 Å². The smallest absolute Gasteiger partial charge is 0.127 e. The van der Waals surface area contributed by atoms with E-state index in [1.807, 2.05) is 19.9 Å². The fourth-order valence-electron chi connectivity index (χ4n) is 0.807. The average Bonchev–Trinajstić information content (AvgIpc) is 2.05. The minimum absolute atomic E-state index is 0.147. The van der Waals surface area contributed by atoms with Gasteiger partial charge in [0.2, 0.25) is 0 Å². The summed E-state index contributed by atoms with van der Waals surface area (Å²) in [5.74, 6) is 0.684. The molecule has 0 unspecified atom stereocenters. The second-order valence-electron chi connectivity index (χ2n) is 2.72. The summed E-state index contributed by atoms with van der Waals surface area (Å²) in [4.78, 5) is 0. The molecule has 0 amide bonds. The van der Waals surface area contributed by atoms with Gasteiger partial charge in [0.05, 0.1) is 17.7 Å². The van der Waals surface area contributed by atoms with E-state index in [1.165, 1.54) is 0 Å². The second kappa shape index (κ2) is 3.77. The molecule has 0 N–H and O–H groups in total. The van der Waals surface area contributed by atoms with Gasteiger partial charge in [0.1, 0.15) is 5.75 Å². The maximum Gasteiger partial charge on any atom is 0.127 e. The van der Waals surface area contributed by atoms with Crippen LogP contribution in [0.15, 0.2) is 18.2 Å². The van der Waals surface area contributed by atoms with Gasteiger partial charge in [0, 0.05) is 6.07 Å². The van der Waals surface area contributed by atoms with Crippen LogP contribution in [-0.4, -0.2) is 6.10 Å². The first-order valence-electron chi connectivity index (χ1n) is 3.81. The molecule has 0 aliphatic carbocycles. The van der Waals surface area contributed by atoms with E-state index in [2.05, 4.69) is 6.07 Å². The zero-order chi connectivity index (χ0) is 8.97. The van der Waals surface area contributed by atoms with Crippen LogP contribution >= 0.6 is 0 Å². The Hall–Kier alpha value is -1.49. The predicted molar refractivity (Wildman–Crippen MR) is 45.8 cm³/mol. The first kappa shape index (κ1) is 8.61. The first-order valence-corrected chi connectivity index (χ1v) is 3.81. The van der Waals surface area contributed by atoms with Gasteiger partial charge >= 0.3 is 0 Å². The highest BCUT2D eigenvalue weighted by atomic mass is 16.5. The second-order valence-corrected chi connectivity index (χ2v) is 2.72. The van der Waals surface area contributed by atoms with Crippen LogP contribution in [0.5, 0.6) is 5.75 Å². The molecule has 0 fully saturated rings. The van der Waals surface area contributed by atoms with E-state index in [4.69, 9.17) is 10.00 Å². The van der Waals surface area contributed by atoms with E-state index >= 15 is 0 Å². The third kappa shape index (κ3) is 2.28. The van der Waals surface area contributed by atoms with Crippen LogP contribution in [0.25, 0.3) is 0 Å². The molecule has 0 bridgehead atoms. The molecule has 0 aromatic heterocycles. The lowest BCUT2D eigenvalue weighted by Gasteiger charge is -2.08. The maximum absolute atomic E-state index is 8.50. The molecule has 0 saturated heterocycles. The van der Waals surface area contributed by atoms with Crippen LogP contribution in [0.1, 0.15) is 19.4 Å². The number of hydrogen-bond acceptors (Lipinski definition) is 2. The third-order valence-corrected chi connectivity index (χ3v) is 1.28. The Morgan fingerprint density at radius 3 is 2.67 bits per heavy atom. The van der Waals surface area contributed by atoms with E-state index in [0.29, 0.717) is 11.3 Å². The summed E-state index contributed by atoms with van der Waals surface area (Å²) >= 11 is 0. The van der Waals surface area contributed by atoms with Crippen LogP contribution in [0, 0.1) is 17.4 Å². The summed E-state index contributed by atoms with van der Waals surface area (Å²) in [6, 6.07) is 9.98. The van der Waals surface area contributed by atoms with Gasteiger partial charge in [0.25, 0.3) is 0 Å². The van der Waals surface area contributed by atoms with Gasteiger partial charge in [-0.2, -0.15) is 5.26 Å². The van der Waals surface area contributed by atoms with Crippen LogP contribution in [0.2, 0.25) is 0 Å². The molecule has 0 atom stereocenters. The number of benzene rings is 1. The summed E-state index contributed by atoms with van der Waals surface area (Å²) < 4.78 is 5.35. The molecule has 1 aromatic carbocycles. The molecule has 0 aliphatic rings. The molecule has 0 saturated carbocycles. The quantitative estimate of drug-likeness (QED) is 0.664. The van der Waals surface area contributed by atoms with Gasteiger partial charge in [0.15, 0.2) is 0 Å². The lowest BCUT2D eigenvalue weighted by Crippen LogP contribution is -2.05. The normalized spacial score (nSPS) is 9.50. The lowest BCUT2D eigenvalue weighted by atomic mass is 10.2. The molecule has 1 radical (unpaired) electrons. The summed E-state index contributed by atoms with van der Waals surface area (Å²) in [6.07, 6.45) is 0.147. The zero-order valence-electron chi connectivity index (χ0n) is 7.16. The summed E-state index contributed by atoms with van der Waals surface area (Å²) in [6.45, 7) is 3.90. The molecule has 2 nitrogen and oxygen atoms in total. The topological polar surface area (TPSA) is 33.0 Å². The van der Waals surface area contributed by atoms with Gasteiger partial charge < -0.3 is 4.74 Å². The van der Waals surface area contributed by atoms with Crippen molar-refractivity contribution in [3.8, 4) is 11.8 Å². The minimum Gasteiger partial charge on any atom is -0.490 e. The Morgan fingerprint density at radius 1 is 1.50 bits per heavy atom. The first-order chi connectivity index (χ1) is 5.72. The van der Waals surface area contributed by atoms with E-state index in [1.54, 1.807) is 18.2 Å². The monoisotopic (exact) mass is 160 g/mol. The summed E-state index contributed by atoms with van der Waals surface area (Å²) in [7, 11) is 0. The molecule has 0 aliphatic heterocycles. The Kier molecular flexibility index (Phi) is 2.71. The van der Waals surface area contributed by atoms with E-state index < -0.39 is 0 Å². The molecular weight excluding hydrogens is 150 g/mol. The van der Waals surface area contributed by atoms with Crippen molar-refractivity contribution < 1.29 is 4.74 Å². The van der Waals surface area contributed by atoms with Crippen molar-refractivity contribution in [2.45, 2.75) is 20.0 Å². The van der Waals surface area contributed by atoms with Crippen molar-refractivity contribution in [1.82, 2.24) is 0 Å². The number of ether oxygens (including phenoxy) is 1. The van der Waals surface area contributed by atoms with Gasteiger partial charge in [-0.1, -0.05) is 0 Å². The fraction of sp³-hybridized carbons (Fsp3) is 0.300. The molecule has 2 heteroatoms. The molecular formula is C10H10NO. The largest absolute Gasteiger partial charge is 0.490 e. The van der Waals surface area contributed by atoms with Gasteiger partial charge in [-0.15, -0.1) is 0 Å². The molecule has 1 rings (SSSR count). The Morgan fingerprint density at radius 2 is 2.25 bits per heavy atom. The van der Waals surface area contributed by atoms with Crippen LogP contribution in [0.4, 0.5) is 0 Å². The van der Waals surface area contributed by atoms with E-state index in [9.17, 15) is 0 Å². The fourth-order valence-corrected chi connectivity index (χ4v) is 0.807. The Bertz CT molecular complexity index is 282. The third-order valence-electron chi connectivity index (χ3n) is 1.28. The Labute approximate surface area is 72.4 Å². The molecule has 12 heavy (non-hydrogen) atoms. The molecule has 61 valence electrons. The number of nitriles is 1. The van der Waals surface area contributed by atoms with E-state index in [0.717, 1.165) is 0 Å². The van der Waals surface area contributed by atoms with Gasteiger partial charge in [-0.3, -0.25) is 0 Å². The highest BCUT2D eigenvalue weighted by Crippen LogP contribution is 2.11. The van der Waals surface area contributed by atoms with Crippen molar-refractivity contribution in [3.05, 3.63) is 29.8 Å². The average molecular weight is 160 g/mol. The van der Waals surface area contributed by atoms with Crippen molar-refractivity contribution in [2.24, 2.45) is 0 Å². The molecule has 0 heterocycles. The zero-order valence-corrected chi connectivity index (χ0v) is 7.16. The minimum atomic E-state index is 0.147. The molecule has 0 spiro atoms. The van der Waals surface area contributed by atoms with Gasteiger partial charge in [-0.25, -0.2) is 0 Å². The Balaban J connectivity index is 2.73. The summed E-state index contributed by atoms with van der Waals surface area (Å²) in [5, 5.41) is 8.50. The van der Waals surface area contributed by atoms with Crippen molar-refractivity contribution in [1.29, 1.82) is 5.26 Å². The number of nitrogens with zero attached hydrogens (tertiary/aromatic N) is 1. The maximum atomic E-state index is 8.50. The van der Waals surface area contributed by atoms with Crippen molar-refractivity contribution in [2.75, 3.05) is 0 Å². The van der Waals surface area contributed by atoms with Crippen LogP contribution in [-0.2, 0) is 0 Å². The van der Waals surface area contributed by atoms with Gasteiger partial charge in [-0.05, 0) is 32.0 Å². The lowest BCUT2D eigenvalue weighted by molar-refractivity contribution is 0.242. The van der Waals surface area contributed by atoms with Crippen molar-refractivity contribution in [3.63, 3.8) is 0 Å². The van der Waals surface area contributed by atoms with E-state index in [-0.39, 0.29) is 6.10 Å². The summed E-state index contributed by atoms with van der Waals surface area (Å²) in [5.41, 5.74) is 0.603. The standard InChI is InChI=1S/C10H10NO/c1-8(2)12-10-5-3-9(7-11)4-6-10/h3-5,8H,1-2H3. The number of hydrogen-bond donors (Lipinski definition) is 0. The SMILES string of the molecule is CC(C)Oc1[c]cc(C#N)cc1. The van der Waals surface area contributed by atoms with Crippen LogP contribution < -0.4 is 4.74 Å². The highest BCUT2D eigenvalue weighted by Gasteiger charge is 1.96. The van der Waals surface area contributed by atoms with Crippen molar-refractivity contribution >= 4 is 0 Å². The highest BCUT2D eigenvalue weighted by molar-refractivity contribution is 5.33. The number of rotatable bonds is 2. The molecule has 1 aromatic rings.